The number of ether oxygens (including phenoxy) is 5. The molecule has 2 N–H and O–H groups in total. The normalized spacial score (nSPS) is 25.7. The number of amides is 3. The van der Waals surface area contributed by atoms with Crippen molar-refractivity contribution in [1.29, 1.82) is 0 Å². The lowest BCUT2D eigenvalue weighted by molar-refractivity contribution is -0.242. The lowest BCUT2D eigenvalue weighted by atomic mass is 9.93. The van der Waals surface area contributed by atoms with Gasteiger partial charge in [0.25, 0.3) is 0 Å². The van der Waals surface area contributed by atoms with Crippen molar-refractivity contribution in [1.82, 2.24) is 15.5 Å². The van der Waals surface area contributed by atoms with E-state index in [1.807, 2.05) is 13.8 Å². The Morgan fingerprint density at radius 3 is 2.04 bits per heavy atom. The first kappa shape index (κ1) is 38.2. The molecule has 0 spiro atoms. The smallest absolute Gasteiger partial charge is 0.328 e. The van der Waals surface area contributed by atoms with Gasteiger partial charge in [-0.1, -0.05) is 19.9 Å². The van der Waals surface area contributed by atoms with Crippen molar-refractivity contribution < 1.29 is 57.2 Å². The molecule has 15 nitrogen and oxygen atoms in total. The summed E-state index contributed by atoms with van der Waals surface area (Å²) < 4.78 is 26.9. The molecule has 8 atom stereocenters. The minimum Gasteiger partial charge on any atom is -0.467 e. The van der Waals surface area contributed by atoms with Crippen LogP contribution in [0.25, 0.3) is 0 Å². The summed E-state index contributed by atoms with van der Waals surface area (Å²) in [5.41, 5.74) is 0. The highest BCUT2D eigenvalue weighted by Crippen LogP contribution is 2.30. The Labute approximate surface area is 269 Å². The van der Waals surface area contributed by atoms with E-state index in [0.29, 0.717) is 19.4 Å². The van der Waals surface area contributed by atoms with E-state index in [1.165, 1.54) is 51.9 Å². The van der Waals surface area contributed by atoms with Crippen LogP contribution in [0, 0.1) is 5.92 Å². The molecule has 2 fully saturated rings. The minimum absolute atomic E-state index is 0.0123. The Morgan fingerprint density at radius 2 is 1.48 bits per heavy atom. The molecule has 2 aliphatic heterocycles. The van der Waals surface area contributed by atoms with Crippen LogP contribution in [0.2, 0.25) is 0 Å². The van der Waals surface area contributed by atoms with E-state index < -0.39 is 90.2 Å². The van der Waals surface area contributed by atoms with Crippen LogP contribution in [-0.2, 0) is 57.2 Å². The van der Waals surface area contributed by atoms with E-state index in [1.54, 1.807) is 6.92 Å². The van der Waals surface area contributed by atoms with Gasteiger partial charge in [-0.3, -0.25) is 28.8 Å². The van der Waals surface area contributed by atoms with Gasteiger partial charge in [0.1, 0.15) is 24.2 Å². The molecule has 15 heteroatoms. The van der Waals surface area contributed by atoms with E-state index in [9.17, 15) is 33.6 Å². The molecule has 0 radical (unpaired) electrons. The van der Waals surface area contributed by atoms with Crippen molar-refractivity contribution >= 4 is 41.6 Å². The lowest BCUT2D eigenvalue weighted by Gasteiger charge is -2.43. The van der Waals surface area contributed by atoms with E-state index in [0.717, 1.165) is 0 Å². The third kappa shape index (κ3) is 11.1. The third-order valence-corrected chi connectivity index (χ3v) is 7.49. The topological polar surface area (TPSA) is 193 Å². The van der Waals surface area contributed by atoms with E-state index in [4.69, 9.17) is 23.7 Å². The van der Waals surface area contributed by atoms with Gasteiger partial charge in [0.05, 0.1) is 13.2 Å². The number of carbonyl (C=O) groups is 7. The predicted molar refractivity (Wildman–Crippen MR) is 160 cm³/mol. The molecule has 0 unspecified atom stereocenters. The highest BCUT2D eigenvalue weighted by molar-refractivity contribution is 5.95. The van der Waals surface area contributed by atoms with Gasteiger partial charge < -0.3 is 39.2 Å². The molecule has 0 aliphatic carbocycles. The maximum Gasteiger partial charge on any atom is 0.328 e. The first-order valence-electron chi connectivity index (χ1n) is 15.4. The molecule has 258 valence electrons. The molecule has 2 saturated heterocycles. The molecule has 2 aliphatic rings. The number of likely N-dealkylation sites (tertiary alicyclic amines) is 1. The zero-order valence-electron chi connectivity index (χ0n) is 27.7. The fourth-order valence-electron chi connectivity index (χ4n) is 5.57. The second kappa shape index (κ2) is 17.6. The quantitative estimate of drug-likeness (QED) is 0.161. The number of carbonyl (C=O) groups excluding carboxylic acids is 7. The summed E-state index contributed by atoms with van der Waals surface area (Å²) in [5, 5.41) is 5.31. The molecule has 0 bridgehead atoms. The molecular weight excluding hydrogens is 606 g/mol. The van der Waals surface area contributed by atoms with E-state index >= 15 is 0 Å². The van der Waals surface area contributed by atoms with Crippen molar-refractivity contribution in [3.8, 4) is 0 Å². The molecule has 46 heavy (non-hydrogen) atoms. The SMILES string of the molecule is COC(=O)[C@@H]1CCCN1C(=O)[C@H](C)NC(=O)[C@H](CC(C)C)NC(=O)/C=C/C[C@@H]1O[C@@H](C)[C@@H](OC(C)=O)[C@@H](OC(C)=O)[C@@H]1OC(C)=O. The van der Waals surface area contributed by atoms with Gasteiger partial charge in [-0.05, 0) is 51.5 Å². The van der Waals surface area contributed by atoms with Gasteiger partial charge in [0.2, 0.25) is 17.7 Å². The fourth-order valence-corrected chi connectivity index (χ4v) is 5.57. The fraction of sp³-hybridized carbons (Fsp3) is 0.710. The molecule has 0 aromatic heterocycles. The summed E-state index contributed by atoms with van der Waals surface area (Å²) in [4.78, 5) is 88.1. The Bertz CT molecular complexity index is 1170. The van der Waals surface area contributed by atoms with Gasteiger partial charge in [-0.25, -0.2) is 4.79 Å². The Balaban J connectivity index is 2.12. The van der Waals surface area contributed by atoms with Crippen LogP contribution in [0.15, 0.2) is 12.2 Å². The zero-order valence-corrected chi connectivity index (χ0v) is 27.7. The van der Waals surface area contributed by atoms with Crippen molar-refractivity contribution in [3.05, 3.63) is 12.2 Å². The summed E-state index contributed by atoms with van der Waals surface area (Å²) in [5.74, 6) is -4.11. The van der Waals surface area contributed by atoms with Crippen molar-refractivity contribution in [2.24, 2.45) is 5.92 Å². The van der Waals surface area contributed by atoms with Gasteiger partial charge in [0, 0.05) is 27.3 Å². The second-order valence-corrected chi connectivity index (χ2v) is 11.9. The van der Waals surface area contributed by atoms with Crippen molar-refractivity contribution in [2.45, 2.75) is 123 Å². The first-order valence-corrected chi connectivity index (χ1v) is 15.4. The monoisotopic (exact) mass is 653 g/mol. The highest BCUT2D eigenvalue weighted by atomic mass is 16.6. The molecule has 2 heterocycles. The maximum absolute atomic E-state index is 13.2. The number of esters is 4. The van der Waals surface area contributed by atoms with Crippen LogP contribution in [0.5, 0.6) is 0 Å². The second-order valence-electron chi connectivity index (χ2n) is 11.9. The molecule has 0 aromatic rings. The van der Waals surface area contributed by atoms with Crippen LogP contribution in [0.1, 0.15) is 74.1 Å². The van der Waals surface area contributed by atoms with Gasteiger partial charge in [-0.2, -0.15) is 0 Å². The molecule has 0 aromatic carbocycles. The Hall–Kier alpha value is -4.01. The molecule has 2 rings (SSSR count). The van der Waals surface area contributed by atoms with Crippen molar-refractivity contribution in [2.75, 3.05) is 13.7 Å². The minimum atomic E-state index is -1.16. The number of methoxy groups -OCH3 is 1. The van der Waals surface area contributed by atoms with Crippen LogP contribution in [0.3, 0.4) is 0 Å². The number of hydrogen-bond acceptors (Lipinski definition) is 12. The van der Waals surface area contributed by atoms with Crippen LogP contribution < -0.4 is 10.6 Å². The number of rotatable bonds is 13. The number of nitrogens with zero attached hydrogens (tertiary/aromatic N) is 1. The highest BCUT2D eigenvalue weighted by Gasteiger charge is 2.49. The first-order chi connectivity index (χ1) is 21.5. The van der Waals surface area contributed by atoms with Crippen LogP contribution in [0.4, 0.5) is 0 Å². The average molecular weight is 654 g/mol. The molecular formula is C31H47N3O12. The maximum atomic E-state index is 13.2. The molecule has 0 saturated carbocycles. The summed E-state index contributed by atoms with van der Waals surface area (Å²) in [6.45, 7) is 10.8. The number of nitrogens with one attached hydrogen (secondary N) is 2. The average Bonchev–Trinajstić information content (AvgIpc) is 3.44. The van der Waals surface area contributed by atoms with E-state index in [2.05, 4.69) is 10.6 Å². The number of hydrogen-bond donors (Lipinski definition) is 2. The summed E-state index contributed by atoms with van der Waals surface area (Å²) in [6, 6.07) is -2.63. The Kier molecular flexibility index (Phi) is 14.6. The van der Waals surface area contributed by atoms with Crippen molar-refractivity contribution in [3.63, 3.8) is 0 Å². The summed E-state index contributed by atoms with van der Waals surface area (Å²) >= 11 is 0. The largest absolute Gasteiger partial charge is 0.467 e. The van der Waals surface area contributed by atoms with Gasteiger partial charge in [0.15, 0.2) is 18.3 Å². The predicted octanol–water partition coefficient (Wildman–Crippen LogP) is 0.715. The summed E-state index contributed by atoms with van der Waals surface area (Å²) in [7, 11) is 1.25. The van der Waals surface area contributed by atoms with Gasteiger partial charge >= 0.3 is 23.9 Å². The standard InChI is InChI=1S/C31H47N3O12/c1-16(2)15-22(29(39)32-17(3)30(40)34-14-10-11-23(34)31(41)42-8)33-25(38)13-9-12-24-27(45-20(6)36)28(46-21(7)37)26(18(4)43-24)44-19(5)35/h9,13,16-18,22-24,26-28H,10-12,14-15H2,1-8H3,(H,32,39)(H,33,38)/b13-9+/t17-,18-,22-,23-,24-,26+,27+,28+/m0/s1. The zero-order chi connectivity index (χ0) is 34.7. The van der Waals surface area contributed by atoms with Gasteiger partial charge in [-0.15, -0.1) is 0 Å². The van der Waals surface area contributed by atoms with Crippen LogP contribution >= 0.6 is 0 Å². The summed E-state index contributed by atoms with van der Waals surface area (Å²) in [6.07, 6.45) is -0.916. The van der Waals surface area contributed by atoms with E-state index in [-0.39, 0.29) is 18.8 Å². The Morgan fingerprint density at radius 1 is 0.891 bits per heavy atom. The lowest BCUT2D eigenvalue weighted by Crippen LogP contribution is -2.60. The molecule has 3 amide bonds. The third-order valence-electron chi connectivity index (χ3n) is 7.49. The van der Waals surface area contributed by atoms with Crippen LogP contribution in [-0.4, -0.2) is 109 Å².